The van der Waals surface area contributed by atoms with Gasteiger partial charge in [-0.3, -0.25) is 14.8 Å². The zero-order valence-electron chi connectivity index (χ0n) is 9.54. The predicted molar refractivity (Wildman–Crippen MR) is 68.3 cm³/mol. The lowest BCUT2D eigenvalue weighted by molar-refractivity contribution is -0.385. The molecule has 0 radical (unpaired) electrons. The summed E-state index contributed by atoms with van der Waals surface area (Å²) in [6.07, 6.45) is 1.74. The Morgan fingerprint density at radius 3 is 2.89 bits per heavy atom. The van der Waals surface area contributed by atoms with Gasteiger partial charge in [-0.1, -0.05) is 22.0 Å². The molecule has 0 aliphatic carbocycles. The molecule has 2 rings (SSSR count). The van der Waals surface area contributed by atoms with Crippen molar-refractivity contribution >= 4 is 21.6 Å². The first-order valence-electron chi connectivity index (χ1n) is 5.12. The molecule has 0 aliphatic heterocycles. The molecule has 18 heavy (non-hydrogen) atoms. The van der Waals surface area contributed by atoms with Gasteiger partial charge in [0, 0.05) is 29.8 Å². The number of aryl methyl sites for hydroxylation is 1. The Balaban J connectivity index is 2.20. The van der Waals surface area contributed by atoms with Crippen molar-refractivity contribution in [1.82, 2.24) is 9.78 Å². The zero-order valence-corrected chi connectivity index (χ0v) is 11.1. The second-order valence-corrected chi connectivity index (χ2v) is 4.47. The lowest BCUT2D eigenvalue weighted by Gasteiger charge is -2.06. The van der Waals surface area contributed by atoms with E-state index in [9.17, 15) is 10.1 Å². The van der Waals surface area contributed by atoms with Crippen LogP contribution < -0.4 is 4.74 Å². The topological polar surface area (TPSA) is 70.2 Å². The fourth-order valence-corrected chi connectivity index (χ4v) is 1.95. The number of hydrogen-bond acceptors (Lipinski definition) is 4. The molecule has 0 spiro atoms. The standard InChI is InChI=1S/C11H10BrN3O3/c1-14-6-5-11(13-14)18-7-8-9(12)3-2-4-10(8)15(16)17/h2-6H,7H2,1H3. The predicted octanol–water partition coefficient (Wildman–Crippen LogP) is 2.67. The number of benzene rings is 1. The SMILES string of the molecule is Cn1ccc(OCc2c(Br)cccc2[N+](=O)[O-])n1. The Morgan fingerprint density at radius 1 is 1.50 bits per heavy atom. The fourth-order valence-electron chi connectivity index (χ4n) is 1.48. The van der Waals surface area contributed by atoms with Gasteiger partial charge in [0.15, 0.2) is 0 Å². The van der Waals surface area contributed by atoms with Gasteiger partial charge in [-0.25, -0.2) is 0 Å². The van der Waals surface area contributed by atoms with Crippen molar-refractivity contribution in [3.8, 4) is 5.88 Å². The molecule has 0 N–H and O–H groups in total. The van der Waals surface area contributed by atoms with E-state index in [1.807, 2.05) is 0 Å². The van der Waals surface area contributed by atoms with E-state index in [1.165, 1.54) is 6.07 Å². The second kappa shape index (κ2) is 5.18. The van der Waals surface area contributed by atoms with Gasteiger partial charge in [-0.2, -0.15) is 0 Å². The molecule has 2 aromatic rings. The minimum absolute atomic E-state index is 0.0281. The van der Waals surface area contributed by atoms with E-state index >= 15 is 0 Å². The molecule has 94 valence electrons. The summed E-state index contributed by atoms with van der Waals surface area (Å²) >= 11 is 3.28. The van der Waals surface area contributed by atoms with E-state index < -0.39 is 4.92 Å². The third kappa shape index (κ3) is 2.67. The number of hydrogen-bond donors (Lipinski definition) is 0. The molecule has 1 aromatic heterocycles. The van der Waals surface area contributed by atoms with E-state index in [4.69, 9.17) is 4.74 Å². The fraction of sp³-hybridized carbons (Fsp3) is 0.182. The minimum Gasteiger partial charge on any atom is -0.471 e. The average Bonchev–Trinajstić information content (AvgIpc) is 2.73. The third-order valence-electron chi connectivity index (χ3n) is 2.34. The van der Waals surface area contributed by atoms with Crippen LogP contribution in [0.2, 0.25) is 0 Å². The molecule has 0 unspecified atom stereocenters. The summed E-state index contributed by atoms with van der Waals surface area (Å²) in [4.78, 5) is 10.5. The number of nitrogens with zero attached hydrogens (tertiary/aromatic N) is 3. The summed E-state index contributed by atoms with van der Waals surface area (Å²) in [7, 11) is 1.77. The lowest BCUT2D eigenvalue weighted by atomic mass is 10.2. The zero-order chi connectivity index (χ0) is 13.1. The Morgan fingerprint density at radius 2 is 2.28 bits per heavy atom. The van der Waals surface area contributed by atoms with Crippen molar-refractivity contribution in [1.29, 1.82) is 0 Å². The van der Waals surface area contributed by atoms with Gasteiger partial charge >= 0.3 is 0 Å². The van der Waals surface area contributed by atoms with Crippen LogP contribution in [0.4, 0.5) is 5.69 Å². The maximum absolute atomic E-state index is 10.9. The average molecular weight is 312 g/mol. The third-order valence-corrected chi connectivity index (χ3v) is 3.09. The van der Waals surface area contributed by atoms with E-state index in [0.717, 1.165) is 0 Å². The van der Waals surface area contributed by atoms with Crippen LogP contribution in [0.1, 0.15) is 5.56 Å². The van der Waals surface area contributed by atoms with E-state index in [-0.39, 0.29) is 12.3 Å². The van der Waals surface area contributed by atoms with Crippen molar-refractivity contribution in [2.24, 2.45) is 7.05 Å². The van der Waals surface area contributed by atoms with Crippen LogP contribution in [0.3, 0.4) is 0 Å². The van der Waals surface area contributed by atoms with Crippen molar-refractivity contribution in [2.45, 2.75) is 6.61 Å². The van der Waals surface area contributed by atoms with Gasteiger partial charge in [0.2, 0.25) is 5.88 Å². The van der Waals surface area contributed by atoms with E-state index in [1.54, 1.807) is 36.1 Å². The van der Waals surface area contributed by atoms with Crippen LogP contribution in [0.15, 0.2) is 34.9 Å². The maximum Gasteiger partial charge on any atom is 0.277 e. The van der Waals surface area contributed by atoms with Gasteiger partial charge < -0.3 is 4.74 Å². The van der Waals surface area contributed by atoms with Crippen LogP contribution in [-0.4, -0.2) is 14.7 Å². The highest BCUT2D eigenvalue weighted by Gasteiger charge is 2.17. The molecular formula is C11H10BrN3O3. The Kier molecular flexibility index (Phi) is 3.61. The number of halogens is 1. The van der Waals surface area contributed by atoms with E-state index in [2.05, 4.69) is 21.0 Å². The number of nitro groups is 1. The lowest BCUT2D eigenvalue weighted by Crippen LogP contribution is -2.02. The van der Waals surface area contributed by atoms with Gasteiger partial charge in [0.25, 0.3) is 5.69 Å². The molecule has 0 amide bonds. The molecule has 1 heterocycles. The van der Waals surface area contributed by atoms with Crippen LogP contribution in [0, 0.1) is 10.1 Å². The highest BCUT2D eigenvalue weighted by Crippen LogP contribution is 2.27. The molecule has 6 nitrogen and oxygen atoms in total. The van der Waals surface area contributed by atoms with Crippen LogP contribution in [0.5, 0.6) is 5.88 Å². The number of nitro benzene ring substituents is 1. The first kappa shape index (κ1) is 12.6. The highest BCUT2D eigenvalue weighted by atomic mass is 79.9. The monoisotopic (exact) mass is 311 g/mol. The largest absolute Gasteiger partial charge is 0.471 e. The van der Waals surface area contributed by atoms with Crippen molar-refractivity contribution in [3.05, 3.63) is 50.6 Å². The van der Waals surface area contributed by atoms with Crippen molar-refractivity contribution in [2.75, 3.05) is 0 Å². The summed E-state index contributed by atoms with van der Waals surface area (Å²) in [5, 5.41) is 14.9. The first-order chi connectivity index (χ1) is 8.58. The normalized spacial score (nSPS) is 10.3. The highest BCUT2D eigenvalue weighted by molar-refractivity contribution is 9.10. The number of ether oxygens (including phenoxy) is 1. The molecular weight excluding hydrogens is 302 g/mol. The summed E-state index contributed by atoms with van der Waals surface area (Å²) in [5.74, 6) is 0.433. The Hall–Kier alpha value is -1.89. The summed E-state index contributed by atoms with van der Waals surface area (Å²) in [5.41, 5.74) is 0.522. The molecule has 0 aliphatic rings. The van der Waals surface area contributed by atoms with Gasteiger partial charge in [-0.15, -0.1) is 5.10 Å². The van der Waals surface area contributed by atoms with Crippen LogP contribution in [0.25, 0.3) is 0 Å². The second-order valence-electron chi connectivity index (χ2n) is 3.61. The van der Waals surface area contributed by atoms with Gasteiger partial charge in [0.1, 0.15) is 6.61 Å². The van der Waals surface area contributed by atoms with Crippen LogP contribution in [-0.2, 0) is 13.7 Å². The maximum atomic E-state index is 10.9. The molecule has 0 atom stereocenters. The van der Waals surface area contributed by atoms with Gasteiger partial charge in [0.05, 0.1) is 10.5 Å². The van der Waals surface area contributed by atoms with Crippen molar-refractivity contribution in [3.63, 3.8) is 0 Å². The molecule has 0 bridgehead atoms. The van der Waals surface area contributed by atoms with Crippen molar-refractivity contribution < 1.29 is 9.66 Å². The van der Waals surface area contributed by atoms with Crippen LogP contribution >= 0.6 is 15.9 Å². The summed E-state index contributed by atoms with van der Waals surface area (Å²) < 4.78 is 7.67. The quantitative estimate of drug-likeness (QED) is 0.643. The smallest absolute Gasteiger partial charge is 0.277 e. The number of aromatic nitrogens is 2. The number of rotatable bonds is 4. The Bertz CT molecular complexity index is 583. The summed E-state index contributed by atoms with van der Waals surface area (Å²) in [6, 6.07) is 6.50. The first-order valence-corrected chi connectivity index (χ1v) is 5.91. The Labute approximate surface area is 111 Å². The molecule has 0 saturated carbocycles. The molecule has 7 heteroatoms. The van der Waals surface area contributed by atoms with E-state index in [0.29, 0.717) is 15.9 Å². The summed E-state index contributed by atoms with van der Waals surface area (Å²) in [6.45, 7) is 0.0920. The van der Waals surface area contributed by atoms with Gasteiger partial charge in [-0.05, 0) is 6.07 Å². The molecule has 1 aromatic carbocycles. The minimum atomic E-state index is -0.429. The molecule has 0 saturated heterocycles. The molecule has 0 fully saturated rings.